The van der Waals surface area contributed by atoms with E-state index in [0.29, 0.717) is 10.6 Å². The number of hydrogen-bond donors (Lipinski definition) is 1. The van der Waals surface area contributed by atoms with Crippen LogP contribution < -0.4 is 4.74 Å². The van der Waals surface area contributed by atoms with Crippen LogP contribution in [0.4, 0.5) is 4.39 Å². The highest BCUT2D eigenvalue weighted by atomic mass is 32.2. The zero-order chi connectivity index (χ0) is 21.1. The van der Waals surface area contributed by atoms with Crippen molar-refractivity contribution < 1.29 is 28.0 Å². The van der Waals surface area contributed by atoms with Gasteiger partial charge in [-0.05, 0) is 41.8 Å². The zero-order valence-electron chi connectivity index (χ0n) is 16.1. The Kier molecular flexibility index (Phi) is 6.27. The summed E-state index contributed by atoms with van der Waals surface area (Å²) in [5, 5.41) is 9.83. The second-order valence-corrected chi connectivity index (χ2v) is 8.23. The van der Waals surface area contributed by atoms with Gasteiger partial charge in [-0.3, -0.25) is 13.8 Å². The van der Waals surface area contributed by atoms with Crippen molar-refractivity contribution >= 4 is 22.4 Å². The fourth-order valence-corrected chi connectivity index (χ4v) is 3.84. The minimum Gasteiger partial charge on any atom is -0.511 e. The fraction of sp³-hybridized carbons (Fsp3) is 0.273. The lowest BCUT2D eigenvalue weighted by molar-refractivity contribution is -0.124. The summed E-state index contributed by atoms with van der Waals surface area (Å²) in [7, 11) is -1.30. The zero-order valence-corrected chi connectivity index (χ0v) is 16.9. The van der Waals surface area contributed by atoms with E-state index in [1.165, 1.54) is 24.5 Å². The molecule has 0 radical (unpaired) electrons. The van der Waals surface area contributed by atoms with Crippen molar-refractivity contribution in [3.05, 3.63) is 65.2 Å². The molecule has 0 heterocycles. The van der Waals surface area contributed by atoms with Crippen molar-refractivity contribution in [2.45, 2.75) is 37.0 Å². The Labute approximate surface area is 170 Å². The number of aliphatic hydroxyl groups excluding tert-OH is 1. The van der Waals surface area contributed by atoms with Crippen molar-refractivity contribution in [3.63, 3.8) is 0 Å². The third-order valence-electron chi connectivity index (χ3n) is 4.84. The number of hydrogen-bond acceptors (Lipinski definition) is 5. The lowest BCUT2D eigenvalue weighted by Crippen LogP contribution is -2.26. The third-order valence-corrected chi connectivity index (χ3v) is 5.76. The molecule has 5 nitrogen and oxygen atoms in total. The van der Waals surface area contributed by atoms with E-state index in [0.717, 1.165) is 5.56 Å². The molecule has 2 aromatic carbocycles. The van der Waals surface area contributed by atoms with Gasteiger partial charge in [0.05, 0.1) is 5.57 Å². The Morgan fingerprint density at radius 3 is 2.45 bits per heavy atom. The van der Waals surface area contributed by atoms with Crippen molar-refractivity contribution in [2.75, 3.05) is 6.26 Å². The Balaban J connectivity index is 1.81. The van der Waals surface area contributed by atoms with Gasteiger partial charge in [-0.15, -0.1) is 0 Å². The summed E-state index contributed by atoms with van der Waals surface area (Å²) in [4.78, 5) is 25.1. The molecule has 152 valence electrons. The molecule has 0 aromatic heterocycles. The van der Waals surface area contributed by atoms with E-state index in [2.05, 4.69) is 0 Å². The summed E-state index contributed by atoms with van der Waals surface area (Å²) >= 11 is 0. The fourth-order valence-electron chi connectivity index (χ4n) is 3.32. The molecular formula is C22H21FO5S. The summed E-state index contributed by atoms with van der Waals surface area (Å²) < 4.78 is 31.3. The average molecular weight is 416 g/mol. The van der Waals surface area contributed by atoms with Gasteiger partial charge in [0.15, 0.2) is 23.1 Å². The molecule has 1 unspecified atom stereocenters. The Hall–Kier alpha value is -2.80. The van der Waals surface area contributed by atoms with E-state index < -0.39 is 16.6 Å². The second-order valence-electron chi connectivity index (χ2n) is 6.85. The van der Waals surface area contributed by atoms with Crippen molar-refractivity contribution in [3.8, 4) is 11.5 Å². The molecule has 1 N–H and O–H groups in total. The molecular weight excluding hydrogens is 395 g/mol. The van der Waals surface area contributed by atoms with Crippen molar-refractivity contribution in [1.82, 2.24) is 0 Å². The van der Waals surface area contributed by atoms with Gasteiger partial charge in [0.1, 0.15) is 11.5 Å². The number of ether oxygens (including phenoxy) is 1. The molecule has 0 saturated heterocycles. The number of carbonyl (C=O) groups excluding carboxylic acids is 2. The van der Waals surface area contributed by atoms with E-state index in [9.17, 15) is 23.3 Å². The van der Waals surface area contributed by atoms with Gasteiger partial charge in [-0.1, -0.05) is 19.1 Å². The molecule has 0 amide bonds. The van der Waals surface area contributed by atoms with E-state index in [1.807, 2.05) is 0 Å². The first-order valence-corrected chi connectivity index (χ1v) is 10.7. The molecule has 0 bridgehead atoms. The van der Waals surface area contributed by atoms with Crippen LogP contribution in [0, 0.1) is 5.82 Å². The highest BCUT2D eigenvalue weighted by Gasteiger charge is 2.33. The molecule has 1 atom stereocenters. The maximum atomic E-state index is 14.2. The number of ketones is 2. The Morgan fingerprint density at radius 1 is 1.17 bits per heavy atom. The van der Waals surface area contributed by atoms with Crippen LogP contribution in [0.2, 0.25) is 0 Å². The smallest absolute Gasteiger partial charge is 0.170 e. The van der Waals surface area contributed by atoms with E-state index in [-0.39, 0.29) is 53.8 Å². The maximum absolute atomic E-state index is 14.2. The van der Waals surface area contributed by atoms with Gasteiger partial charge in [0, 0.05) is 41.2 Å². The first-order valence-electron chi connectivity index (χ1n) is 9.19. The SMILES string of the molecule is CCC(O)=C1C(=O)CC(c2cccc(Oc3ccc(S(C)=O)cc3F)c2)CC1=O. The van der Waals surface area contributed by atoms with Crippen LogP contribution in [0.25, 0.3) is 0 Å². The van der Waals surface area contributed by atoms with Gasteiger partial charge in [-0.25, -0.2) is 4.39 Å². The third kappa shape index (κ3) is 4.62. The molecule has 1 saturated carbocycles. The molecule has 3 rings (SSSR count). The van der Waals surface area contributed by atoms with Gasteiger partial charge in [0.2, 0.25) is 0 Å². The minimum absolute atomic E-state index is 0.00904. The van der Waals surface area contributed by atoms with Crippen LogP contribution in [0.1, 0.15) is 37.7 Å². The molecule has 1 aliphatic carbocycles. The monoisotopic (exact) mass is 416 g/mol. The summed E-state index contributed by atoms with van der Waals surface area (Å²) in [5.74, 6) is -1.51. The first-order chi connectivity index (χ1) is 13.8. The topological polar surface area (TPSA) is 80.7 Å². The van der Waals surface area contributed by atoms with Crippen LogP contribution >= 0.6 is 0 Å². The van der Waals surface area contributed by atoms with Crippen LogP contribution in [0.3, 0.4) is 0 Å². The number of aliphatic hydroxyl groups is 1. The molecule has 29 heavy (non-hydrogen) atoms. The van der Waals surface area contributed by atoms with Crippen molar-refractivity contribution in [1.29, 1.82) is 0 Å². The second kappa shape index (κ2) is 8.69. The number of allylic oxidation sites excluding steroid dienone is 2. The van der Waals surface area contributed by atoms with Crippen LogP contribution in [-0.2, 0) is 20.4 Å². The molecule has 0 aliphatic heterocycles. The van der Waals surface area contributed by atoms with Crippen LogP contribution in [0.5, 0.6) is 11.5 Å². The summed E-state index contributed by atoms with van der Waals surface area (Å²) in [6.07, 6.45) is 1.92. The first kappa shape index (κ1) is 20.9. The predicted molar refractivity (Wildman–Crippen MR) is 107 cm³/mol. The standard InChI is InChI=1S/C22H21FO5S/c1-3-18(24)22-19(25)10-14(11-20(22)26)13-5-4-6-15(9-13)28-21-8-7-16(29(2)27)12-17(21)23/h4-9,12,14,24H,3,10-11H2,1-2H3. The number of carbonyl (C=O) groups is 2. The quantitative estimate of drug-likeness (QED) is 0.438. The number of halogens is 1. The van der Waals surface area contributed by atoms with Gasteiger partial charge < -0.3 is 9.84 Å². The summed E-state index contributed by atoms with van der Waals surface area (Å²) in [6.45, 7) is 1.68. The number of Topliss-reactive ketones (excluding diaryl/α,β-unsaturated/α-hetero) is 2. The van der Waals surface area contributed by atoms with Gasteiger partial charge >= 0.3 is 0 Å². The molecule has 1 aliphatic rings. The molecule has 1 fully saturated rings. The molecule has 2 aromatic rings. The molecule has 7 heteroatoms. The minimum atomic E-state index is -1.30. The van der Waals surface area contributed by atoms with E-state index in [1.54, 1.807) is 31.2 Å². The van der Waals surface area contributed by atoms with Crippen molar-refractivity contribution in [2.24, 2.45) is 0 Å². The summed E-state index contributed by atoms with van der Waals surface area (Å²) in [5.41, 5.74) is 0.637. The van der Waals surface area contributed by atoms with E-state index >= 15 is 0 Å². The number of rotatable bonds is 5. The highest BCUT2D eigenvalue weighted by molar-refractivity contribution is 7.84. The summed E-state index contributed by atoms with van der Waals surface area (Å²) in [6, 6.07) is 10.9. The Morgan fingerprint density at radius 2 is 1.86 bits per heavy atom. The van der Waals surface area contributed by atoms with Crippen LogP contribution in [-0.4, -0.2) is 27.1 Å². The Bertz CT molecular complexity index is 1010. The van der Waals surface area contributed by atoms with E-state index in [4.69, 9.17) is 4.74 Å². The highest BCUT2D eigenvalue weighted by Crippen LogP contribution is 2.35. The normalized spacial score (nSPS) is 17.9. The predicted octanol–water partition coefficient (Wildman–Crippen LogP) is 4.59. The average Bonchev–Trinajstić information content (AvgIpc) is 2.68. The lowest BCUT2D eigenvalue weighted by Gasteiger charge is -2.23. The molecule has 0 spiro atoms. The van der Waals surface area contributed by atoms with Gasteiger partial charge in [-0.2, -0.15) is 0 Å². The largest absolute Gasteiger partial charge is 0.511 e. The van der Waals surface area contributed by atoms with Gasteiger partial charge in [0.25, 0.3) is 0 Å². The number of benzene rings is 2. The maximum Gasteiger partial charge on any atom is 0.170 e. The lowest BCUT2D eigenvalue weighted by atomic mass is 9.79. The van der Waals surface area contributed by atoms with Crippen LogP contribution in [0.15, 0.2) is 58.7 Å².